The Labute approximate surface area is 79.8 Å². The van der Waals surface area contributed by atoms with Gasteiger partial charge in [0.2, 0.25) is 0 Å². The van der Waals surface area contributed by atoms with Gasteiger partial charge in [0.1, 0.15) is 5.54 Å². The Hall–Kier alpha value is -0.570. The highest BCUT2D eigenvalue weighted by Gasteiger charge is 2.57. The monoisotopic (exact) mass is 185 g/mol. The summed E-state index contributed by atoms with van der Waals surface area (Å²) in [6.45, 7) is 6.87. The van der Waals surface area contributed by atoms with Crippen LogP contribution in [-0.4, -0.2) is 25.2 Å². The van der Waals surface area contributed by atoms with Crippen LogP contribution >= 0.6 is 0 Å². The van der Waals surface area contributed by atoms with Crippen LogP contribution in [0.25, 0.3) is 0 Å². The lowest BCUT2D eigenvalue weighted by Crippen LogP contribution is -2.56. The summed E-state index contributed by atoms with van der Waals surface area (Å²) >= 11 is 0. The number of esters is 1. The van der Waals surface area contributed by atoms with E-state index in [0.29, 0.717) is 0 Å². The Morgan fingerprint density at radius 2 is 2.15 bits per heavy atom. The maximum absolute atomic E-state index is 11.6. The number of likely N-dealkylation sites (N-methyl/N-ethyl adjacent to an activating group) is 1. The van der Waals surface area contributed by atoms with Gasteiger partial charge in [-0.15, -0.1) is 0 Å². The predicted molar refractivity (Wildman–Crippen MR) is 51.4 cm³/mol. The summed E-state index contributed by atoms with van der Waals surface area (Å²) in [6, 6.07) is 0. The van der Waals surface area contributed by atoms with Gasteiger partial charge in [-0.1, -0.05) is 13.8 Å². The summed E-state index contributed by atoms with van der Waals surface area (Å²) in [7, 11) is 1.45. The Morgan fingerprint density at radius 1 is 1.62 bits per heavy atom. The second kappa shape index (κ2) is 3.29. The summed E-state index contributed by atoms with van der Waals surface area (Å²) < 4.78 is 4.83. The molecule has 1 atom stereocenters. The molecule has 0 aromatic rings. The third-order valence-corrected chi connectivity index (χ3v) is 3.33. The van der Waals surface area contributed by atoms with Gasteiger partial charge in [-0.3, -0.25) is 4.79 Å². The first-order valence-corrected chi connectivity index (χ1v) is 4.83. The van der Waals surface area contributed by atoms with Crippen LogP contribution < -0.4 is 5.32 Å². The SMILES string of the molecule is CCNC(C)(C(=O)OC)C1(C)CC1. The number of rotatable bonds is 4. The molecule has 1 N–H and O–H groups in total. The molecular formula is C10H19NO2. The predicted octanol–water partition coefficient (Wildman–Crippen LogP) is 1.33. The van der Waals surface area contributed by atoms with E-state index in [4.69, 9.17) is 4.74 Å². The number of hydrogen-bond acceptors (Lipinski definition) is 3. The largest absolute Gasteiger partial charge is 0.468 e. The molecule has 3 heteroatoms. The summed E-state index contributed by atoms with van der Waals surface area (Å²) in [5, 5.41) is 3.24. The Bertz CT molecular complexity index is 211. The van der Waals surface area contributed by atoms with E-state index in [1.807, 2.05) is 13.8 Å². The lowest BCUT2D eigenvalue weighted by Gasteiger charge is -2.33. The highest BCUT2D eigenvalue weighted by molar-refractivity contribution is 5.82. The molecule has 1 fully saturated rings. The molecule has 0 spiro atoms. The minimum Gasteiger partial charge on any atom is -0.468 e. The fourth-order valence-electron chi connectivity index (χ4n) is 1.78. The summed E-state index contributed by atoms with van der Waals surface area (Å²) in [4.78, 5) is 11.6. The van der Waals surface area contributed by atoms with E-state index >= 15 is 0 Å². The molecule has 3 nitrogen and oxygen atoms in total. The number of methoxy groups -OCH3 is 1. The summed E-state index contributed by atoms with van der Waals surface area (Å²) in [5.41, 5.74) is -0.410. The van der Waals surface area contributed by atoms with E-state index in [9.17, 15) is 4.79 Å². The van der Waals surface area contributed by atoms with E-state index < -0.39 is 5.54 Å². The van der Waals surface area contributed by atoms with Gasteiger partial charge in [0.05, 0.1) is 7.11 Å². The minimum atomic E-state index is -0.503. The molecule has 0 bridgehead atoms. The molecule has 0 aliphatic heterocycles. The Morgan fingerprint density at radius 3 is 2.46 bits per heavy atom. The van der Waals surface area contributed by atoms with Crippen LogP contribution in [0.4, 0.5) is 0 Å². The number of carbonyl (C=O) groups is 1. The molecule has 0 saturated heterocycles. The van der Waals surface area contributed by atoms with Crippen molar-refractivity contribution < 1.29 is 9.53 Å². The van der Waals surface area contributed by atoms with Crippen molar-refractivity contribution in [2.45, 2.75) is 39.2 Å². The first kappa shape index (κ1) is 10.5. The molecule has 0 amide bonds. The zero-order valence-electron chi connectivity index (χ0n) is 8.94. The summed E-state index contributed by atoms with van der Waals surface area (Å²) in [6.07, 6.45) is 2.21. The van der Waals surface area contributed by atoms with Gasteiger partial charge in [0.25, 0.3) is 0 Å². The second-order valence-corrected chi connectivity index (χ2v) is 4.21. The number of carbonyl (C=O) groups excluding carboxylic acids is 1. The van der Waals surface area contributed by atoms with E-state index in [1.165, 1.54) is 7.11 Å². The van der Waals surface area contributed by atoms with Gasteiger partial charge < -0.3 is 10.1 Å². The minimum absolute atomic E-state index is 0.0934. The first-order valence-electron chi connectivity index (χ1n) is 4.83. The maximum Gasteiger partial charge on any atom is 0.326 e. The van der Waals surface area contributed by atoms with Gasteiger partial charge in [0, 0.05) is 0 Å². The van der Waals surface area contributed by atoms with Crippen LogP contribution in [0.1, 0.15) is 33.6 Å². The van der Waals surface area contributed by atoms with E-state index in [-0.39, 0.29) is 11.4 Å². The topological polar surface area (TPSA) is 38.3 Å². The Balaban J connectivity index is 2.80. The van der Waals surface area contributed by atoms with Gasteiger partial charge >= 0.3 is 5.97 Å². The molecule has 0 aromatic carbocycles. The lowest BCUT2D eigenvalue weighted by atomic mass is 9.84. The van der Waals surface area contributed by atoms with Crippen LogP contribution in [0.5, 0.6) is 0 Å². The maximum atomic E-state index is 11.6. The van der Waals surface area contributed by atoms with Crippen LogP contribution in [-0.2, 0) is 9.53 Å². The van der Waals surface area contributed by atoms with Crippen molar-refractivity contribution in [1.82, 2.24) is 5.32 Å². The number of hydrogen-bond donors (Lipinski definition) is 1. The van der Waals surface area contributed by atoms with Crippen LogP contribution in [0.3, 0.4) is 0 Å². The fraction of sp³-hybridized carbons (Fsp3) is 0.900. The standard InChI is InChI=1S/C10H19NO2/c1-5-11-10(3,8(12)13-4)9(2)6-7-9/h11H,5-7H2,1-4H3. The lowest BCUT2D eigenvalue weighted by molar-refractivity contribution is -0.150. The number of nitrogens with one attached hydrogen (secondary N) is 1. The normalized spacial score (nSPS) is 23.4. The molecule has 0 heterocycles. The molecule has 1 unspecified atom stereocenters. The van der Waals surface area contributed by atoms with Gasteiger partial charge in [-0.25, -0.2) is 0 Å². The average Bonchev–Trinajstić information content (AvgIpc) is 2.84. The molecule has 0 aromatic heterocycles. The van der Waals surface area contributed by atoms with Crippen molar-refractivity contribution >= 4 is 5.97 Å². The molecule has 1 rings (SSSR count). The van der Waals surface area contributed by atoms with Crippen molar-refractivity contribution in [3.63, 3.8) is 0 Å². The highest BCUT2D eigenvalue weighted by atomic mass is 16.5. The molecule has 0 radical (unpaired) electrons. The summed E-state index contributed by atoms with van der Waals surface area (Å²) in [5.74, 6) is -0.144. The smallest absolute Gasteiger partial charge is 0.326 e. The molecule has 76 valence electrons. The third-order valence-electron chi connectivity index (χ3n) is 3.33. The molecule has 1 saturated carbocycles. The molecule has 1 aliphatic rings. The molecule has 13 heavy (non-hydrogen) atoms. The fourth-order valence-corrected chi connectivity index (χ4v) is 1.78. The zero-order chi connectivity index (χ0) is 10.1. The molecule has 1 aliphatic carbocycles. The van der Waals surface area contributed by atoms with Gasteiger partial charge in [-0.05, 0) is 31.7 Å². The van der Waals surface area contributed by atoms with Gasteiger partial charge in [0.15, 0.2) is 0 Å². The average molecular weight is 185 g/mol. The van der Waals surface area contributed by atoms with Crippen LogP contribution in [0.2, 0.25) is 0 Å². The van der Waals surface area contributed by atoms with Crippen molar-refractivity contribution in [2.24, 2.45) is 5.41 Å². The van der Waals surface area contributed by atoms with E-state index in [0.717, 1.165) is 19.4 Å². The third kappa shape index (κ3) is 1.57. The Kier molecular flexibility index (Phi) is 2.66. The first-order chi connectivity index (χ1) is 6.00. The van der Waals surface area contributed by atoms with Crippen LogP contribution in [0, 0.1) is 5.41 Å². The van der Waals surface area contributed by atoms with Crippen molar-refractivity contribution in [2.75, 3.05) is 13.7 Å². The van der Waals surface area contributed by atoms with Gasteiger partial charge in [-0.2, -0.15) is 0 Å². The van der Waals surface area contributed by atoms with E-state index in [2.05, 4.69) is 12.2 Å². The van der Waals surface area contributed by atoms with Crippen molar-refractivity contribution in [3.05, 3.63) is 0 Å². The highest BCUT2D eigenvalue weighted by Crippen LogP contribution is 2.53. The quantitative estimate of drug-likeness (QED) is 0.671. The number of ether oxygens (including phenoxy) is 1. The van der Waals surface area contributed by atoms with Crippen molar-refractivity contribution in [1.29, 1.82) is 0 Å². The van der Waals surface area contributed by atoms with E-state index in [1.54, 1.807) is 0 Å². The second-order valence-electron chi connectivity index (χ2n) is 4.21. The molecular weight excluding hydrogens is 166 g/mol. The van der Waals surface area contributed by atoms with Crippen molar-refractivity contribution in [3.8, 4) is 0 Å². The van der Waals surface area contributed by atoms with Crippen LogP contribution in [0.15, 0.2) is 0 Å². The zero-order valence-corrected chi connectivity index (χ0v) is 8.94.